The Labute approximate surface area is 116 Å². The molecule has 2 fully saturated rings. The van der Waals surface area contributed by atoms with Crippen molar-refractivity contribution in [2.75, 3.05) is 31.7 Å². The quantitative estimate of drug-likeness (QED) is 0.735. The number of anilines is 1. The topological polar surface area (TPSA) is 25.4 Å². The molecule has 1 aliphatic carbocycles. The fourth-order valence-electron chi connectivity index (χ4n) is 3.22. The molecule has 1 aromatic heterocycles. The van der Waals surface area contributed by atoms with Crippen LogP contribution >= 0.6 is 0 Å². The number of piperidine rings is 1. The van der Waals surface area contributed by atoms with Gasteiger partial charge >= 0.3 is 0 Å². The van der Waals surface area contributed by atoms with Crippen LogP contribution in [0.5, 0.6) is 0 Å². The Morgan fingerprint density at radius 2 is 2.11 bits per heavy atom. The highest BCUT2D eigenvalue weighted by Crippen LogP contribution is 2.45. The molecule has 1 saturated carbocycles. The first-order valence-corrected chi connectivity index (χ1v) is 7.54. The minimum atomic E-state index is 0.834. The van der Waals surface area contributed by atoms with E-state index < -0.39 is 0 Å². The van der Waals surface area contributed by atoms with E-state index in [0.29, 0.717) is 0 Å². The summed E-state index contributed by atoms with van der Waals surface area (Å²) in [6.45, 7) is 5.49. The van der Waals surface area contributed by atoms with Crippen LogP contribution in [0.2, 0.25) is 0 Å². The van der Waals surface area contributed by atoms with Crippen LogP contribution in [0.4, 0.5) is 5.82 Å². The fraction of sp³-hybridized carbons (Fsp3) is 0.688. The Bertz CT molecular complexity index is 436. The van der Waals surface area contributed by atoms with Crippen molar-refractivity contribution in [3.05, 3.63) is 23.4 Å². The first-order chi connectivity index (χ1) is 9.31. The molecule has 104 valence electrons. The smallest absolute Gasteiger partial charge is 0.128 e. The first-order valence-electron chi connectivity index (χ1n) is 7.54. The van der Waals surface area contributed by atoms with Crippen LogP contribution in [-0.2, 0) is 17.6 Å². The molecular formula is C16H24N2O. The number of fused-ring (bicyclic) bond motifs is 1. The Morgan fingerprint density at radius 1 is 1.32 bits per heavy atom. The van der Waals surface area contributed by atoms with Crippen LogP contribution in [0, 0.1) is 11.8 Å². The van der Waals surface area contributed by atoms with Crippen LogP contribution in [0.3, 0.4) is 0 Å². The van der Waals surface area contributed by atoms with E-state index in [0.717, 1.165) is 37.7 Å². The molecule has 3 rings (SSSR count). The van der Waals surface area contributed by atoms with E-state index in [1.807, 2.05) is 0 Å². The second-order valence-electron chi connectivity index (χ2n) is 5.89. The third-order valence-electron chi connectivity index (χ3n) is 4.49. The van der Waals surface area contributed by atoms with Crippen molar-refractivity contribution < 1.29 is 4.74 Å². The molecule has 0 bridgehead atoms. The molecule has 0 radical (unpaired) electrons. The lowest BCUT2D eigenvalue weighted by molar-refractivity contribution is 0.195. The van der Waals surface area contributed by atoms with Crippen molar-refractivity contribution >= 4 is 5.82 Å². The summed E-state index contributed by atoms with van der Waals surface area (Å²) in [5.41, 5.74) is 2.67. The molecule has 1 saturated heterocycles. The Hall–Kier alpha value is -1.09. The second kappa shape index (κ2) is 5.49. The molecule has 3 nitrogen and oxygen atoms in total. The summed E-state index contributed by atoms with van der Waals surface area (Å²) in [7, 11) is 1.76. The maximum absolute atomic E-state index is 5.13. The van der Waals surface area contributed by atoms with Gasteiger partial charge in [0.15, 0.2) is 0 Å². The number of hydrogen-bond donors (Lipinski definition) is 0. The monoisotopic (exact) mass is 260 g/mol. The summed E-state index contributed by atoms with van der Waals surface area (Å²) in [4.78, 5) is 7.36. The van der Waals surface area contributed by atoms with E-state index in [1.165, 1.54) is 36.6 Å². The normalized spacial score (nSPS) is 24.6. The molecule has 2 heterocycles. The van der Waals surface area contributed by atoms with E-state index in [-0.39, 0.29) is 0 Å². The number of aromatic nitrogens is 1. The molecule has 0 N–H and O–H groups in total. The largest absolute Gasteiger partial charge is 0.385 e. The highest BCUT2D eigenvalue weighted by molar-refractivity contribution is 5.44. The molecule has 2 unspecified atom stereocenters. The maximum atomic E-state index is 5.13. The third-order valence-corrected chi connectivity index (χ3v) is 4.49. The molecule has 1 aliphatic heterocycles. The van der Waals surface area contributed by atoms with E-state index in [1.54, 1.807) is 7.11 Å². The number of ether oxygens (including phenoxy) is 1. The number of rotatable bonds is 6. The molecule has 0 amide bonds. The average Bonchev–Trinajstić information content (AvgIpc) is 3.05. The van der Waals surface area contributed by atoms with Crippen molar-refractivity contribution in [1.82, 2.24) is 4.98 Å². The lowest BCUT2D eigenvalue weighted by Gasteiger charge is -2.20. The van der Waals surface area contributed by atoms with Gasteiger partial charge < -0.3 is 9.64 Å². The van der Waals surface area contributed by atoms with Crippen molar-refractivity contribution in [3.63, 3.8) is 0 Å². The molecule has 2 aliphatic rings. The minimum absolute atomic E-state index is 0.834. The summed E-state index contributed by atoms with van der Waals surface area (Å²) >= 11 is 0. The van der Waals surface area contributed by atoms with Gasteiger partial charge in [0.2, 0.25) is 0 Å². The minimum Gasteiger partial charge on any atom is -0.385 e. The van der Waals surface area contributed by atoms with Gasteiger partial charge in [0.1, 0.15) is 5.82 Å². The highest BCUT2D eigenvalue weighted by Gasteiger charge is 2.45. The summed E-state index contributed by atoms with van der Waals surface area (Å²) < 4.78 is 5.13. The van der Waals surface area contributed by atoms with Crippen molar-refractivity contribution in [3.8, 4) is 0 Å². The van der Waals surface area contributed by atoms with Gasteiger partial charge in [-0.1, -0.05) is 13.0 Å². The zero-order valence-electron chi connectivity index (χ0n) is 12.1. The average molecular weight is 260 g/mol. The van der Waals surface area contributed by atoms with E-state index >= 15 is 0 Å². The zero-order chi connectivity index (χ0) is 13.2. The van der Waals surface area contributed by atoms with Crippen molar-refractivity contribution in [2.24, 2.45) is 11.8 Å². The number of methoxy groups -OCH3 is 1. The number of pyridine rings is 1. The summed E-state index contributed by atoms with van der Waals surface area (Å²) in [5.74, 6) is 3.13. The molecule has 0 aromatic carbocycles. The molecule has 1 aromatic rings. The summed E-state index contributed by atoms with van der Waals surface area (Å²) in [6.07, 6.45) is 4.64. The summed E-state index contributed by atoms with van der Waals surface area (Å²) in [5, 5.41) is 0. The molecule has 19 heavy (non-hydrogen) atoms. The van der Waals surface area contributed by atoms with Gasteiger partial charge in [-0.3, -0.25) is 0 Å². The second-order valence-corrected chi connectivity index (χ2v) is 5.89. The Balaban J connectivity index is 1.69. The van der Waals surface area contributed by atoms with E-state index in [4.69, 9.17) is 9.72 Å². The van der Waals surface area contributed by atoms with Gasteiger partial charge in [-0.2, -0.15) is 0 Å². The number of aryl methyl sites for hydroxylation is 2. The zero-order valence-corrected chi connectivity index (χ0v) is 12.1. The molecule has 0 spiro atoms. The van der Waals surface area contributed by atoms with Gasteiger partial charge in [0.25, 0.3) is 0 Å². The van der Waals surface area contributed by atoms with Crippen LogP contribution in [0.15, 0.2) is 12.1 Å². The lowest BCUT2D eigenvalue weighted by atomic mass is 10.1. The predicted molar refractivity (Wildman–Crippen MR) is 77.6 cm³/mol. The fourth-order valence-corrected chi connectivity index (χ4v) is 3.22. The van der Waals surface area contributed by atoms with Crippen molar-refractivity contribution in [1.29, 1.82) is 0 Å². The standard InChI is InChI=1S/C16H24N2O/c1-3-15-12(5-4-8-19-2)6-7-16(17-15)18-10-13-9-14(13)11-18/h6-7,13-14H,3-5,8-11H2,1-2H3. The Morgan fingerprint density at radius 3 is 2.79 bits per heavy atom. The number of nitrogens with zero attached hydrogens (tertiary/aromatic N) is 2. The van der Waals surface area contributed by atoms with Crippen LogP contribution in [0.25, 0.3) is 0 Å². The van der Waals surface area contributed by atoms with Crippen LogP contribution in [-0.4, -0.2) is 31.8 Å². The Kier molecular flexibility index (Phi) is 3.74. The van der Waals surface area contributed by atoms with E-state index in [9.17, 15) is 0 Å². The molecule has 3 heteroatoms. The van der Waals surface area contributed by atoms with E-state index in [2.05, 4.69) is 24.0 Å². The van der Waals surface area contributed by atoms with Gasteiger partial charge in [-0.05, 0) is 49.1 Å². The summed E-state index contributed by atoms with van der Waals surface area (Å²) in [6, 6.07) is 4.49. The van der Waals surface area contributed by atoms with Gasteiger partial charge in [0.05, 0.1) is 0 Å². The highest BCUT2D eigenvalue weighted by atomic mass is 16.5. The predicted octanol–water partition coefficient (Wildman–Crippen LogP) is 2.68. The van der Waals surface area contributed by atoms with Gasteiger partial charge in [0, 0.05) is 32.5 Å². The van der Waals surface area contributed by atoms with Crippen LogP contribution < -0.4 is 4.90 Å². The molecule has 2 atom stereocenters. The first kappa shape index (κ1) is 12.9. The van der Waals surface area contributed by atoms with Crippen molar-refractivity contribution in [2.45, 2.75) is 32.6 Å². The van der Waals surface area contributed by atoms with Gasteiger partial charge in [-0.15, -0.1) is 0 Å². The van der Waals surface area contributed by atoms with Crippen LogP contribution in [0.1, 0.15) is 31.0 Å². The third kappa shape index (κ3) is 2.76. The van der Waals surface area contributed by atoms with Gasteiger partial charge in [-0.25, -0.2) is 4.98 Å². The lowest BCUT2D eigenvalue weighted by Crippen LogP contribution is -2.23. The number of hydrogen-bond acceptors (Lipinski definition) is 3. The SMILES string of the molecule is CCc1nc(N2CC3CC3C2)ccc1CCCOC. The molecular weight excluding hydrogens is 236 g/mol. The maximum Gasteiger partial charge on any atom is 0.128 e.